The summed E-state index contributed by atoms with van der Waals surface area (Å²) in [5.74, 6) is -0.163. The zero-order valence-electron chi connectivity index (χ0n) is 27.3. The lowest BCUT2D eigenvalue weighted by Gasteiger charge is -2.03. The molecule has 0 unspecified atom stereocenters. The third-order valence-corrected chi connectivity index (χ3v) is 7.82. The van der Waals surface area contributed by atoms with Crippen LogP contribution in [0.4, 0.5) is 0 Å². The second-order valence-corrected chi connectivity index (χ2v) is 11.9. The van der Waals surface area contributed by atoms with Gasteiger partial charge in [0.15, 0.2) is 0 Å². The summed E-state index contributed by atoms with van der Waals surface area (Å²) in [6, 6.07) is 0. The highest BCUT2D eigenvalue weighted by Crippen LogP contribution is 2.14. The van der Waals surface area contributed by atoms with Crippen molar-refractivity contribution in [3.05, 3.63) is 36.5 Å². The zero-order valence-corrected chi connectivity index (χ0v) is 27.3. The number of ether oxygens (including phenoxy) is 1. The summed E-state index contributed by atoms with van der Waals surface area (Å²) in [5.41, 5.74) is 0. The molecule has 234 valence electrons. The van der Waals surface area contributed by atoms with Crippen LogP contribution in [-0.4, -0.2) is 12.6 Å². The van der Waals surface area contributed by atoms with Crippen molar-refractivity contribution < 1.29 is 9.53 Å². The van der Waals surface area contributed by atoms with Crippen molar-refractivity contribution >= 4 is 5.97 Å². The Morgan fingerprint density at radius 1 is 0.425 bits per heavy atom. The molecule has 0 atom stereocenters. The number of allylic oxidation sites excluding steroid dienone is 5. The van der Waals surface area contributed by atoms with E-state index in [-0.39, 0.29) is 5.97 Å². The van der Waals surface area contributed by atoms with Gasteiger partial charge in [-0.15, -0.1) is 0 Å². The van der Waals surface area contributed by atoms with E-state index in [1.165, 1.54) is 154 Å². The van der Waals surface area contributed by atoms with E-state index in [0.717, 1.165) is 25.7 Å². The standard InChI is InChI=1S/C38H70O2/c1-3-5-7-9-11-13-15-17-19-21-22-24-26-28-30-32-34-36-38(39)40-37-35-33-31-29-27-25-23-20-18-16-14-12-10-8-6-4-2/h12,14,18,20,34,36H,3-11,13,15-17,19,21-33,35,37H2,1-2H3/b14-12-,20-18-,36-34?. The molecule has 2 nitrogen and oxygen atoms in total. The molecule has 0 aromatic rings. The van der Waals surface area contributed by atoms with Gasteiger partial charge >= 0.3 is 5.97 Å². The van der Waals surface area contributed by atoms with Crippen LogP contribution in [0.3, 0.4) is 0 Å². The smallest absolute Gasteiger partial charge is 0.330 e. The van der Waals surface area contributed by atoms with Gasteiger partial charge < -0.3 is 4.74 Å². The van der Waals surface area contributed by atoms with E-state index in [1.54, 1.807) is 6.08 Å². The first-order valence-corrected chi connectivity index (χ1v) is 17.9. The molecule has 0 aromatic heterocycles. The Kier molecular flexibility index (Phi) is 34.5. The predicted octanol–water partition coefficient (Wildman–Crippen LogP) is 13.2. The van der Waals surface area contributed by atoms with Gasteiger partial charge in [0.25, 0.3) is 0 Å². The minimum atomic E-state index is -0.163. The Morgan fingerprint density at radius 2 is 0.775 bits per heavy atom. The van der Waals surface area contributed by atoms with Gasteiger partial charge in [-0.1, -0.05) is 173 Å². The number of hydrogen-bond acceptors (Lipinski definition) is 2. The van der Waals surface area contributed by atoms with Crippen LogP contribution in [0.1, 0.15) is 194 Å². The molecule has 0 spiro atoms. The second-order valence-electron chi connectivity index (χ2n) is 11.9. The third-order valence-electron chi connectivity index (χ3n) is 7.82. The molecule has 0 bridgehead atoms. The summed E-state index contributed by atoms with van der Waals surface area (Å²) in [6.07, 6.45) is 49.5. The summed E-state index contributed by atoms with van der Waals surface area (Å²) < 4.78 is 5.35. The second kappa shape index (κ2) is 35.7. The van der Waals surface area contributed by atoms with Crippen LogP contribution in [0.25, 0.3) is 0 Å². The molecular formula is C38H70O2. The number of rotatable bonds is 32. The quantitative estimate of drug-likeness (QED) is 0.0355. The molecule has 0 aromatic carbocycles. The highest BCUT2D eigenvalue weighted by Gasteiger charge is 1.98. The van der Waals surface area contributed by atoms with Crippen molar-refractivity contribution in [2.24, 2.45) is 0 Å². The number of esters is 1. The lowest BCUT2D eigenvalue weighted by atomic mass is 10.0. The van der Waals surface area contributed by atoms with E-state index in [1.807, 2.05) is 6.08 Å². The van der Waals surface area contributed by atoms with Crippen LogP contribution in [0.2, 0.25) is 0 Å². The molecule has 2 heteroatoms. The highest BCUT2D eigenvalue weighted by molar-refractivity contribution is 5.81. The van der Waals surface area contributed by atoms with Gasteiger partial charge in [0.05, 0.1) is 6.61 Å². The molecule has 0 N–H and O–H groups in total. The Balaban J connectivity index is 3.28. The van der Waals surface area contributed by atoms with Crippen molar-refractivity contribution in [3.8, 4) is 0 Å². The normalized spacial score (nSPS) is 11.9. The third kappa shape index (κ3) is 34.7. The van der Waals surface area contributed by atoms with Gasteiger partial charge in [-0.05, 0) is 51.4 Å². The molecule has 0 heterocycles. The minimum absolute atomic E-state index is 0.163. The van der Waals surface area contributed by atoms with E-state index in [4.69, 9.17) is 4.74 Å². The van der Waals surface area contributed by atoms with E-state index in [2.05, 4.69) is 38.2 Å². The lowest BCUT2D eigenvalue weighted by molar-refractivity contribution is -0.137. The first-order valence-electron chi connectivity index (χ1n) is 17.9. The Hall–Kier alpha value is -1.31. The van der Waals surface area contributed by atoms with Crippen molar-refractivity contribution in [2.75, 3.05) is 6.61 Å². The molecule has 0 aliphatic heterocycles. The average molecular weight is 559 g/mol. The summed E-state index contributed by atoms with van der Waals surface area (Å²) in [6.45, 7) is 5.11. The topological polar surface area (TPSA) is 26.3 Å². The van der Waals surface area contributed by atoms with Gasteiger partial charge in [-0.25, -0.2) is 4.79 Å². The maximum atomic E-state index is 11.8. The van der Waals surface area contributed by atoms with Crippen LogP contribution >= 0.6 is 0 Å². The summed E-state index contributed by atoms with van der Waals surface area (Å²) in [5, 5.41) is 0. The maximum Gasteiger partial charge on any atom is 0.330 e. The molecule has 0 rings (SSSR count). The number of carbonyl (C=O) groups is 1. The molecule has 0 fully saturated rings. The molecule has 0 aliphatic rings. The van der Waals surface area contributed by atoms with Gasteiger partial charge in [0, 0.05) is 6.08 Å². The van der Waals surface area contributed by atoms with Crippen LogP contribution in [0, 0.1) is 0 Å². The first kappa shape index (κ1) is 38.7. The van der Waals surface area contributed by atoms with Crippen LogP contribution < -0.4 is 0 Å². The lowest BCUT2D eigenvalue weighted by Crippen LogP contribution is -2.02. The first-order chi connectivity index (χ1) is 19.8. The highest BCUT2D eigenvalue weighted by atomic mass is 16.5. The van der Waals surface area contributed by atoms with Crippen molar-refractivity contribution in [3.63, 3.8) is 0 Å². The monoisotopic (exact) mass is 559 g/mol. The summed E-state index contributed by atoms with van der Waals surface area (Å²) >= 11 is 0. The van der Waals surface area contributed by atoms with E-state index >= 15 is 0 Å². The largest absolute Gasteiger partial charge is 0.463 e. The minimum Gasteiger partial charge on any atom is -0.463 e. The van der Waals surface area contributed by atoms with Crippen molar-refractivity contribution in [1.82, 2.24) is 0 Å². The molecule has 0 radical (unpaired) electrons. The molecule has 0 saturated carbocycles. The maximum absolute atomic E-state index is 11.8. The fourth-order valence-corrected chi connectivity index (χ4v) is 5.12. The number of hydrogen-bond donors (Lipinski definition) is 0. The molecule has 0 saturated heterocycles. The SMILES string of the molecule is CCCCC/C=C\C/C=C\CCCCCCCCOC(=O)C=CCCCCCCCCCCCCCCCCC. The van der Waals surface area contributed by atoms with Gasteiger partial charge in [-0.3, -0.25) is 0 Å². The van der Waals surface area contributed by atoms with E-state index < -0.39 is 0 Å². The average Bonchev–Trinajstić information content (AvgIpc) is 2.96. The van der Waals surface area contributed by atoms with E-state index in [9.17, 15) is 4.79 Å². The Labute approximate surface area is 251 Å². The van der Waals surface area contributed by atoms with Crippen LogP contribution in [0.5, 0.6) is 0 Å². The van der Waals surface area contributed by atoms with Gasteiger partial charge in [-0.2, -0.15) is 0 Å². The summed E-state index contributed by atoms with van der Waals surface area (Å²) in [4.78, 5) is 11.8. The van der Waals surface area contributed by atoms with Crippen LogP contribution in [-0.2, 0) is 9.53 Å². The van der Waals surface area contributed by atoms with Crippen LogP contribution in [0.15, 0.2) is 36.5 Å². The molecule has 40 heavy (non-hydrogen) atoms. The van der Waals surface area contributed by atoms with Crippen molar-refractivity contribution in [1.29, 1.82) is 0 Å². The fraction of sp³-hybridized carbons (Fsp3) is 0.816. The molecule has 0 aliphatic carbocycles. The van der Waals surface area contributed by atoms with Gasteiger partial charge in [0.1, 0.15) is 0 Å². The molecular weight excluding hydrogens is 488 g/mol. The predicted molar refractivity (Wildman–Crippen MR) is 179 cm³/mol. The fourth-order valence-electron chi connectivity index (χ4n) is 5.12. The zero-order chi connectivity index (χ0) is 29.0. The number of unbranched alkanes of at least 4 members (excludes halogenated alkanes) is 24. The Morgan fingerprint density at radius 3 is 1.25 bits per heavy atom. The summed E-state index contributed by atoms with van der Waals surface area (Å²) in [7, 11) is 0. The van der Waals surface area contributed by atoms with E-state index in [0.29, 0.717) is 6.61 Å². The Bertz CT molecular complexity index is 574. The van der Waals surface area contributed by atoms with Crippen molar-refractivity contribution in [2.45, 2.75) is 194 Å². The van der Waals surface area contributed by atoms with Gasteiger partial charge in [0.2, 0.25) is 0 Å². The molecule has 0 amide bonds. The number of carbonyl (C=O) groups excluding carboxylic acids is 1.